The highest BCUT2D eigenvalue weighted by Crippen LogP contribution is 2.29. The zero-order valence-electron chi connectivity index (χ0n) is 15.3. The Kier molecular flexibility index (Phi) is 4.68. The average molecular weight is 424 g/mol. The molecule has 1 N–H and O–H groups in total. The lowest BCUT2D eigenvalue weighted by atomic mass is 10.0. The van der Waals surface area contributed by atoms with Gasteiger partial charge in [0.2, 0.25) is 4.96 Å². The van der Waals surface area contributed by atoms with Gasteiger partial charge >= 0.3 is 0 Å². The summed E-state index contributed by atoms with van der Waals surface area (Å²) in [5.41, 5.74) is 0.441. The van der Waals surface area contributed by atoms with Crippen molar-refractivity contribution >= 4 is 39.5 Å². The number of amides is 1. The van der Waals surface area contributed by atoms with E-state index in [0.717, 1.165) is 23.4 Å². The molecule has 0 atom stereocenters. The average Bonchev–Trinajstić information content (AvgIpc) is 3.28. The van der Waals surface area contributed by atoms with Crippen LogP contribution in [-0.4, -0.2) is 30.4 Å². The van der Waals surface area contributed by atoms with Crippen LogP contribution in [0.3, 0.4) is 0 Å². The number of anilines is 1. The summed E-state index contributed by atoms with van der Waals surface area (Å²) < 4.78 is 1.57. The van der Waals surface area contributed by atoms with Gasteiger partial charge in [0.1, 0.15) is 0 Å². The maximum atomic E-state index is 12.7. The Balaban J connectivity index is 1.69. The molecule has 0 bridgehead atoms. The summed E-state index contributed by atoms with van der Waals surface area (Å²) in [6.07, 6.45) is 0. The first-order valence-corrected chi connectivity index (χ1v) is 9.37. The molecule has 0 fully saturated rings. The first kappa shape index (κ1) is 19.1. The van der Waals surface area contributed by atoms with Crippen molar-refractivity contribution < 1.29 is 14.6 Å². The maximum Gasteiger partial charge on any atom is 0.279 e. The summed E-state index contributed by atoms with van der Waals surface area (Å²) in [5, 5.41) is 30.9. The third kappa shape index (κ3) is 3.35. The summed E-state index contributed by atoms with van der Waals surface area (Å²) >= 11 is 1.33. The van der Waals surface area contributed by atoms with E-state index in [1.807, 2.05) is 35.7 Å². The van der Waals surface area contributed by atoms with Gasteiger partial charge in [0.15, 0.2) is 0 Å². The van der Waals surface area contributed by atoms with E-state index in [2.05, 4.69) is 15.4 Å². The van der Waals surface area contributed by atoms with Crippen molar-refractivity contribution in [3.8, 4) is 11.3 Å². The van der Waals surface area contributed by atoms with Crippen LogP contribution in [0.15, 0.2) is 47.8 Å². The van der Waals surface area contributed by atoms with Crippen molar-refractivity contribution in [2.45, 2.75) is 6.92 Å². The van der Waals surface area contributed by atoms with Gasteiger partial charge in [-0.3, -0.25) is 30.3 Å². The summed E-state index contributed by atoms with van der Waals surface area (Å²) in [5.74, 6) is -0.795. The number of rotatable bonds is 5. The van der Waals surface area contributed by atoms with E-state index in [1.54, 1.807) is 4.52 Å². The number of carbonyl (C=O) groups is 1. The lowest BCUT2D eigenvalue weighted by Crippen LogP contribution is -2.16. The van der Waals surface area contributed by atoms with Crippen LogP contribution in [0.4, 0.5) is 17.3 Å². The van der Waals surface area contributed by atoms with E-state index in [0.29, 0.717) is 4.96 Å². The molecule has 4 aromatic rings. The smallest absolute Gasteiger partial charge is 0.279 e. The largest absolute Gasteiger partial charge is 0.289 e. The van der Waals surface area contributed by atoms with Crippen molar-refractivity contribution in [1.82, 2.24) is 14.6 Å². The molecule has 11 nitrogen and oxygen atoms in total. The first-order chi connectivity index (χ1) is 14.3. The Hall–Kier alpha value is -4.19. The van der Waals surface area contributed by atoms with Gasteiger partial charge < -0.3 is 0 Å². The standard InChI is InChI=1S/C18H12N6O5S/c1-10-13(7-12(23(26)27)8-14(10)24(28)29)16(25)19-17-20-18-22(21-17)15(9-30-18)11-5-3-2-4-6-11/h2-9H,1H3,(H,19,21,25). The third-order valence-electron chi connectivity index (χ3n) is 4.39. The fourth-order valence-corrected chi connectivity index (χ4v) is 3.76. The predicted octanol–water partition coefficient (Wildman–Crippen LogP) is 3.83. The van der Waals surface area contributed by atoms with Gasteiger partial charge in [-0.05, 0) is 6.92 Å². The number of nitrogens with zero attached hydrogens (tertiary/aromatic N) is 5. The molecule has 2 heterocycles. The quantitative estimate of drug-likeness (QED) is 0.378. The number of benzene rings is 2. The van der Waals surface area contributed by atoms with E-state index < -0.39 is 27.1 Å². The molecule has 0 spiro atoms. The summed E-state index contributed by atoms with van der Waals surface area (Å²) in [6, 6.07) is 11.3. The van der Waals surface area contributed by atoms with E-state index in [4.69, 9.17) is 0 Å². The van der Waals surface area contributed by atoms with Gasteiger partial charge in [-0.2, -0.15) is 4.98 Å². The Bertz CT molecular complexity index is 1310. The zero-order valence-corrected chi connectivity index (χ0v) is 16.1. The zero-order chi connectivity index (χ0) is 21.4. The van der Waals surface area contributed by atoms with Crippen LogP contribution >= 0.6 is 11.3 Å². The second-order valence-corrected chi connectivity index (χ2v) is 7.06. The topological polar surface area (TPSA) is 146 Å². The van der Waals surface area contributed by atoms with Crippen molar-refractivity contribution in [2.75, 3.05) is 5.32 Å². The molecule has 0 aliphatic carbocycles. The molecule has 0 saturated carbocycles. The van der Waals surface area contributed by atoms with Gasteiger partial charge in [-0.25, -0.2) is 4.52 Å². The molecule has 150 valence electrons. The summed E-state index contributed by atoms with van der Waals surface area (Å²) in [4.78, 5) is 38.2. The number of nitrogens with one attached hydrogen (secondary N) is 1. The highest BCUT2D eigenvalue weighted by Gasteiger charge is 2.25. The lowest BCUT2D eigenvalue weighted by molar-refractivity contribution is -0.394. The van der Waals surface area contributed by atoms with E-state index in [-0.39, 0.29) is 17.1 Å². The molecule has 0 aliphatic heterocycles. The predicted molar refractivity (Wildman–Crippen MR) is 109 cm³/mol. The molecule has 2 aromatic heterocycles. The lowest BCUT2D eigenvalue weighted by Gasteiger charge is -2.06. The maximum absolute atomic E-state index is 12.7. The minimum absolute atomic E-state index is 0.00842. The number of fused-ring (bicyclic) bond motifs is 1. The fourth-order valence-electron chi connectivity index (χ4n) is 2.93. The minimum atomic E-state index is -0.791. The number of hydrogen-bond acceptors (Lipinski definition) is 8. The number of hydrogen-bond donors (Lipinski definition) is 1. The van der Waals surface area contributed by atoms with Crippen molar-refractivity contribution in [3.63, 3.8) is 0 Å². The summed E-state index contributed by atoms with van der Waals surface area (Å²) in [6.45, 7) is 1.35. The van der Waals surface area contributed by atoms with Crippen LogP contribution in [0.1, 0.15) is 15.9 Å². The van der Waals surface area contributed by atoms with Crippen LogP contribution < -0.4 is 5.32 Å². The van der Waals surface area contributed by atoms with Crippen LogP contribution in [-0.2, 0) is 0 Å². The molecule has 0 unspecified atom stereocenters. The normalized spacial score (nSPS) is 10.8. The second kappa shape index (κ2) is 7.33. The Morgan fingerprint density at radius 2 is 1.87 bits per heavy atom. The van der Waals surface area contributed by atoms with Crippen molar-refractivity contribution in [2.24, 2.45) is 0 Å². The Morgan fingerprint density at radius 3 is 2.53 bits per heavy atom. The molecule has 30 heavy (non-hydrogen) atoms. The number of aromatic nitrogens is 3. The molecule has 0 aliphatic rings. The molecule has 0 radical (unpaired) electrons. The van der Waals surface area contributed by atoms with E-state index >= 15 is 0 Å². The van der Waals surface area contributed by atoms with Gasteiger partial charge in [-0.1, -0.05) is 30.3 Å². The highest BCUT2D eigenvalue weighted by molar-refractivity contribution is 7.15. The summed E-state index contributed by atoms with van der Waals surface area (Å²) in [7, 11) is 0. The number of non-ortho nitro benzene ring substituents is 1. The number of nitro groups is 2. The van der Waals surface area contributed by atoms with Crippen LogP contribution in [0, 0.1) is 27.2 Å². The molecular formula is C18H12N6O5S. The van der Waals surface area contributed by atoms with E-state index in [1.165, 1.54) is 18.3 Å². The molecular weight excluding hydrogens is 412 g/mol. The molecule has 2 aromatic carbocycles. The van der Waals surface area contributed by atoms with Crippen LogP contribution in [0.2, 0.25) is 0 Å². The monoisotopic (exact) mass is 424 g/mol. The fraction of sp³-hybridized carbons (Fsp3) is 0.0556. The molecule has 4 rings (SSSR count). The van der Waals surface area contributed by atoms with Crippen molar-refractivity contribution in [3.05, 3.63) is 79.2 Å². The van der Waals surface area contributed by atoms with Gasteiger partial charge in [0.05, 0.1) is 27.2 Å². The van der Waals surface area contributed by atoms with E-state index in [9.17, 15) is 25.0 Å². The Labute approximate surface area is 171 Å². The van der Waals surface area contributed by atoms with Crippen molar-refractivity contribution in [1.29, 1.82) is 0 Å². The van der Waals surface area contributed by atoms with Gasteiger partial charge in [0, 0.05) is 22.6 Å². The van der Waals surface area contributed by atoms with Crippen LogP contribution in [0.25, 0.3) is 16.2 Å². The van der Waals surface area contributed by atoms with Gasteiger partial charge in [-0.15, -0.1) is 16.4 Å². The van der Waals surface area contributed by atoms with Crippen LogP contribution in [0.5, 0.6) is 0 Å². The van der Waals surface area contributed by atoms with Gasteiger partial charge in [0.25, 0.3) is 23.2 Å². The first-order valence-electron chi connectivity index (χ1n) is 8.49. The second-order valence-electron chi connectivity index (χ2n) is 6.22. The third-order valence-corrected chi connectivity index (χ3v) is 5.21. The number of carbonyl (C=O) groups excluding carboxylic acids is 1. The molecule has 0 saturated heterocycles. The highest BCUT2D eigenvalue weighted by atomic mass is 32.1. The molecule has 12 heteroatoms. The SMILES string of the molecule is Cc1c(C(=O)Nc2nc3scc(-c4ccccc4)n3n2)cc([N+](=O)[O-])cc1[N+](=O)[O-]. The molecule has 1 amide bonds. The number of nitro benzene ring substituents is 2. The minimum Gasteiger partial charge on any atom is -0.289 e. The Morgan fingerprint density at radius 1 is 1.13 bits per heavy atom. The number of thiazole rings is 1.